The van der Waals surface area contributed by atoms with Gasteiger partial charge in [-0.15, -0.1) is 0 Å². The highest BCUT2D eigenvalue weighted by Crippen LogP contribution is 2.25. The summed E-state index contributed by atoms with van der Waals surface area (Å²) >= 11 is 0. The summed E-state index contributed by atoms with van der Waals surface area (Å²) in [4.78, 5) is 7.28. The monoisotopic (exact) mass is 285 g/mol. The molecule has 2 rings (SSSR count). The highest BCUT2D eigenvalue weighted by Gasteiger charge is 2.32. The Morgan fingerprint density at radius 2 is 1.95 bits per heavy atom. The maximum atomic E-state index is 12.3. The molecule has 0 saturated carbocycles. The molecule has 0 radical (unpaired) electrons. The van der Waals surface area contributed by atoms with Gasteiger partial charge < -0.3 is 10.6 Å². The number of hydrogen-bond acceptors (Lipinski definition) is 5. The van der Waals surface area contributed by atoms with Crippen LogP contribution in [-0.4, -0.2) is 48.8 Å². The predicted octanol–water partition coefficient (Wildman–Crippen LogP) is 1.22. The summed E-state index contributed by atoms with van der Waals surface area (Å²) in [6.07, 6.45) is -2.70. The number of nitrogens with zero attached hydrogens (tertiary/aromatic N) is 4. The van der Waals surface area contributed by atoms with Crippen molar-refractivity contribution in [3.8, 4) is 6.07 Å². The average molecular weight is 285 g/mol. The third-order valence-electron chi connectivity index (χ3n) is 3.16. The second-order valence-electron chi connectivity index (χ2n) is 4.59. The Balaban J connectivity index is 2.03. The molecule has 2 N–H and O–H groups in total. The van der Waals surface area contributed by atoms with Crippen molar-refractivity contribution in [3.05, 3.63) is 17.8 Å². The number of halogens is 3. The Bertz CT molecular complexity index is 515. The molecule has 1 aliphatic rings. The van der Waals surface area contributed by atoms with E-state index in [-0.39, 0.29) is 18.8 Å². The van der Waals surface area contributed by atoms with Gasteiger partial charge in [-0.1, -0.05) is 0 Å². The Morgan fingerprint density at radius 3 is 2.50 bits per heavy atom. The molecular weight excluding hydrogens is 271 g/mol. The number of nitrogens with two attached hydrogens (primary N) is 1. The van der Waals surface area contributed by atoms with Crippen LogP contribution in [0.25, 0.3) is 0 Å². The van der Waals surface area contributed by atoms with E-state index < -0.39 is 12.7 Å². The fourth-order valence-electron chi connectivity index (χ4n) is 2.18. The van der Waals surface area contributed by atoms with Crippen molar-refractivity contribution in [2.75, 3.05) is 43.4 Å². The summed E-state index contributed by atoms with van der Waals surface area (Å²) in [5.41, 5.74) is 6.44. The van der Waals surface area contributed by atoms with Gasteiger partial charge in [-0.25, -0.2) is 4.98 Å². The van der Waals surface area contributed by atoms with Crippen LogP contribution in [0, 0.1) is 11.3 Å². The first-order chi connectivity index (χ1) is 9.40. The zero-order chi connectivity index (χ0) is 14.8. The number of pyridine rings is 1. The summed E-state index contributed by atoms with van der Waals surface area (Å²) in [5, 5.41) is 8.90. The normalized spacial score (nSPS) is 17.0. The van der Waals surface area contributed by atoms with E-state index in [0.29, 0.717) is 24.5 Å². The van der Waals surface area contributed by atoms with Crippen LogP contribution < -0.4 is 10.6 Å². The van der Waals surface area contributed by atoms with Crippen molar-refractivity contribution in [1.82, 2.24) is 9.88 Å². The summed E-state index contributed by atoms with van der Waals surface area (Å²) in [6.45, 7) is 0.487. The molecule has 8 heteroatoms. The van der Waals surface area contributed by atoms with Crippen molar-refractivity contribution >= 4 is 11.5 Å². The molecule has 0 aromatic carbocycles. The number of nitriles is 1. The molecule has 20 heavy (non-hydrogen) atoms. The summed E-state index contributed by atoms with van der Waals surface area (Å²) in [7, 11) is 0. The lowest BCUT2D eigenvalue weighted by Gasteiger charge is -2.36. The first kappa shape index (κ1) is 14.4. The van der Waals surface area contributed by atoms with Crippen LogP contribution >= 0.6 is 0 Å². The number of aromatic nitrogens is 1. The van der Waals surface area contributed by atoms with Gasteiger partial charge in [0.05, 0.1) is 17.8 Å². The zero-order valence-corrected chi connectivity index (χ0v) is 10.7. The Kier molecular flexibility index (Phi) is 3.99. The largest absolute Gasteiger partial charge is 0.401 e. The van der Waals surface area contributed by atoms with E-state index in [1.165, 1.54) is 17.2 Å². The first-order valence-corrected chi connectivity index (χ1v) is 6.09. The molecule has 1 fully saturated rings. The second kappa shape index (κ2) is 5.54. The smallest absolute Gasteiger partial charge is 0.395 e. The molecule has 1 aliphatic heterocycles. The van der Waals surface area contributed by atoms with Crippen LogP contribution in [0.3, 0.4) is 0 Å². The Morgan fingerprint density at radius 1 is 1.30 bits per heavy atom. The van der Waals surface area contributed by atoms with Gasteiger partial charge in [0.25, 0.3) is 0 Å². The van der Waals surface area contributed by atoms with Crippen molar-refractivity contribution in [1.29, 1.82) is 5.26 Å². The SMILES string of the molecule is N#Cc1ccnc(N2CCN(CC(F)(F)F)CC2)c1N. The van der Waals surface area contributed by atoms with Gasteiger partial charge in [0, 0.05) is 32.4 Å². The third-order valence-corrected chi connectivity index (χ3v) is 3.16. The molecule has 0 unspecified atom stereocenters. The lowest BCUT2D eigenvalue weighted by molar-refractivity contribution is -0.146. The van der Waals surface area contributed by atoms with Crippen LogP contribution in [-0.2, 0) is 0 Å². The van der Waals surface area contributed by atoms with Gasteiger partial charge in [0.2, 0.25) is 0 Å². The molecule has 2 heterocycles. The van der Waals surface area contributed by atoms with Crippen molar-refractivity contribution in [2.24, 2.45) is 0 Å². The average Bonchev–Trinajstić information content (AvgIpc) is 2.38. The number of piperazine rings is 1. The number of anilines is 2. The standard InChI is InChI=1S/C12H14F3N5/c13-12(14,15)8-19-3-5-20(6-4-19)11-10(17)9(7-16)1-2-18-11/h1-2H,3-6,8,17H2. The number of alkyl halides is 3. The molecule has 0 bridgehead atoms. The van der Waals surface area contributed by atoms with E-state index in [9.17, 15) is 13.2 Å². The topological polar surface area (TPSA) is 69.2 Å². The molecule has 5 nitrogen and oxygen atoms in total. The van der Waals surface area contributed by atoms with Gasteiger partial charge in [0.1, 0.15) is 6.07 Å². The molecule has 0 aliphatic carbocycles. The molecule has 0 amide bonds. The van der Waals surface area contributed by atoms with E-state index in [0.717, 1.165) is 0 Å². The van der Waals surface area contributed by atoms with Gasteiger partial charge in [0.15, 0.2) is 5.82 Å². The molecular formula is C12H14F3N5. The molecule has 1 aromatic rings. The van der Waals surface area contributed by atoms with Crippen molar-refractivity contribution < 1.29 is 13.2 Å². The summed E-state index contributed by atoms with van der Waals surface area (Å²) < 4.78 is 36.9. The summed E-state index contributed by atoms with van der Waals surface area (Å²) in [6, 6.07) is 3.48. The number of rotatable bonds is 2. The first-order valence-electron chi connectivity index (χ1n) is 6.09. The number of nitrogen functional groups attached to an aromatic ring is 1. The maximum Gasteiger partial charge on any atom is 0.401 e. The highest BCUT2D eigenvalue weighted by atomic mass is 19.4. The highest BCUT2D eigenvalue weighted by molar-refractivity contribution is 5.70. The lowest BCUT2D eigenvalue weighted by Crippen LogP contribution is -2.49. The van der Waals surface area contributed by atoms with Crippen LogP contribution in [0.1, 0.15) is 5.56 Å². The van der Waals surface area contributed by atoms with Gasteiger partial charge in [-0.3, -0.25) is 4.90 Å². The van der Waals surface area contributed by atoms with E-state index in [2.05, 4.69) is 4.98 Å². The van der Waals surface area contributed by atoms with E-state index in [1.54, 1.807) is 0 Å². The molecule has 1 aromatic heterocycles. The van der Waals surface area contributed by atoms with E-state index >= 15 is 0 Å². The lowest BCUT2D eigenvalue weighted by atomic mass is 10.2. The minimum atomic E-state index is -4.18. The third kappa shape index (κ3) is 3.30. The fraction of sp³-hybridized carbons (Fsp3) is 0.500. The van der Waals surface area contributed by atoms with E-state index in [4.69, 9.17) is 11.0 Å². The van der Waals surface area contributed by atoms with Gasteiger partial charge >= 0.3 is 6.18 Å². The van der Waals surface area contributed by atoms with E-state index in [1.807, 2.05) is 11.0 Å². The predicted molar refractivity (Wildman–Crippen MR) is 68.1 cm³/mol. The second-order valence-corrected chi connectivity index (χ2v) is 4.59. The quantitative estimate of drug-likeness (QED) is 0.884. The number of hydrogen-bond donors (Lipinski definition) is 1. The maximum absolute atomic E-state index is 12.3. The molecule has 0 atom stereocenters. The van der Waals surface area contributed by atoms with Crippen molar-refractivity contribution in [2.45, 2.75) is 6.18 Å². The van der Waals surface area contributed by atoms with Crippen LogP contribution in [0.15, 0.2) is 12.3 Å². The molecule has 108 valence electrons. The van der Waals surface area contributed by atoms with Gasteiger partial charge in [-0.2, -0.15) is 18.4 Å². The minimum Gasteiger partial charge on any atom is -0.395 e. The van der Waals surface area contributed by atoms with Crippen molar-refractivity contribution in [3.63, 3.8) is 0 Å². The molecule has 1 saturated heterocycles. The zero-order valence-electron chi connectivity index (χ0n) is 10.7. The Hall–Kier alpha value is -2.01. The summed E-state index contributed by atoms with van der Waals surface area (Å²) in [5.74, 6) is 0.468. The minimum absolute atomic E-state index is 0.277. The van der Waals surface area contributed by atoms with Crippen LogP contribution in [0.2, 0.25) is 0 Å². The van der Waals surface area contributed by atoms with Crippen LogP contribution in [0.5, 0.6) is 0 Å². The Labute approximate surface area is 114 Å². The fourth-order valence-corrected chi connectivity index (χ4v) is 2.18. The van der Waals surface area contributed by atoms with Gasteiger partial charge in [-0.05, 0) is 6.07 Å². The van der Waals surface area contributed by atoms with Crippen LogP contribution in [0.4, 0.5) is 24.7 Å². The molecule has 0 spiro atoms.